The van der Waals surface area contributed by atoms with Crippen LogP contribution in [0.5, 0.6) is 0 Å². The van der Waals surface area contributed by atoms with Gasteiger partial charge in [0.15, 0.2) is 0 Å². The third kappa shape index (κ3) is 6.03. The predicted molar refractivity (Wildman–Crippen MR) is 77.3 cm³/mol. The summed E-state index contributed by atoms with van der Waals surface area (Å²) in [6.45, 7) is 3.65. The topological polar surface area (TPSA) is 96.0 Å². The van der Waals surface area contributed by atoms with E-state index in [1.54, 1.807) is 38.1 Å². The number of benzene rings is 1. The van der Waals surface area contributed by atoms with Crippen LogP contribution in [-0.2, 0) is 15.8 Å². The Kier molecular flexibility index (Phi) is 6.46. The Morgan fingerprint density at radius 3 is 2.58 bits per heavy atom. The summed E-state index contributed by atoms with van der Waals surface area (Å²) in [6, 6.07) is 8.51. The van der Waals surface area contributed by atoms with Gasteiger partial charge >= 0.3 is 0 Å². The summed E-state index contributed by atoms with van der Waals surface area (Å²) in [4.78, 5) is 0. The summed E-state index contributed by atoms with van der Waals surface area (Å²) < 4.78 is 26.4. The number of nitrogens with zero attached hydrogens (tertiary/aromatic N) is 1. The van der Waals surface area contributed by atoms with E-state index in [0.717, 1.165) is 0 Å². The Bertz CT molecular complexity index is 565. The van der Waals surface area contributed by atoms with E-state index in [0.29, 0.717) is 11.1 Å². The summed E-state index contributed by atoms with van der Waals surface area (Å²) >= 11 is 0. The van der Waals surface area contributed by atoms with Crippen LogP contribution in [0.25, 0.3) is 0 Å². The lowest BCUT2D eigenvalue weighted by Gasteiger charge is -2.23. The molecule has 0 amide bonds. The van der Waals surface area contributed by atoms with E-state index >= 15 is 0 Å². The lowest BCUT2D eigenvalue weighted by Crippen LogP contribution is -2.49. The first-order valence-corrected chi connectivity index (χ1v) is 7.14. The van der Waals surface area contributed by atoms with Crippen molar-refractivity contribution in [3.63, 3.8) is 0 Å². The molecule has 0 heterocycles. The van der Waals surface area contributed by atoms with Gasteiger partial charge in [-0.05, 0) is 31.5 Å². The van der Waals surface area contributed by atoms with E-state index in [-0.39, 0.29) is 24.7 Å². The monoisotopic (exact) mass is 303 g/mol. The van der Waals surface area contributed by atoms with Gasteiger partial charge in [-0.3, -0.25) is 0 Å². The number of nitriles is 1. The number of nitrogens with two attached hydrogens (primary N) is 1. The maximum Gasteiger partial charge on any atom is 0.216 e. The molecule has 1 aromatic carbocycles. The van der Waals surface area contributed by atoms with Crippen molar-refractivity contribution in [2.24, 2.45) is 5.73 Å². The highest BCUT2D eigenvalue weighted by Crippen LogP contribution is 2.10. The molecule has 1 aromatic rings. The van der Waals surface area contributed by atoms with Gasteiger partial charge in [0.2, 0.25) is 10.0 Å². The molecule has 19 heavy (non-hydrogen) atoms. The summed E-state index contributed by atoms with van der Waals surface area (Å²) in [7, 11) is -3.47. The summed E-state index contributed by atoms with van der Waals surface area (Å²) in [6.07, 6.45) is 0. The fraction of sp³-hybridized carbons (Fsp3) is 0.417. The van der Waals surface area contributed by atoms with Gasteiger partial charge in [-0.1, -0.05) is 12.1 Å². The molecular formula is C12H18ClN3O2S. The molecule has 0 aliphatic carbocycles. The molecule has 0 radical (unpaired) electrons. The molecule has 5 nitrogen and oxygen atoms in total. The molecule has 0 unspecified atom stereocenters. The number of hydrogen-bond acceptors (Lipinski definition) is 4. The summed E-state index contributed by atoms with van der Waals surface area (Å²) in [5.74, 6) is -0.161. The van der Waals surface area contributed by atoms with Crippen LogP contribution >= 0.6 is 12.4 Å². The molecule has 0 atom stereocenters. The maximum atomic E-state index is 11.9. The molecule has 0 aromatic heterocycles. The molecule has 106 valence electrons. The zero-order valence-electron chi connectivity index (χ0n) is 10.9. The Balaban J connectivity index is 0.00000324. The zero-order valence-corrected chi connectivity index (χ0v) is 12.5. The van der Waals surface area contributed by atoms with Crippen LogP contribution in [0.2, 0.25) is 0 Å². The van der Waals surface area contributed by atoms with Crippen LogP contribution in [0.1, 0.15) is 25.0 Å². The molecule has 7 heteroatoms. The quantitative estimate of drug-likeness (QED) is 0.852. The van der Waals surface area contributed by atoms with Gasteiger partial charge in [-0.15, -0.1) is 12.4 Å². The predicted octanol–water partition coefficient (Wildman–Crippen LogP) is 1.14. The fourth-order valence-corrected chi connectivity index (χ4v) is 3.06. The molecule has 0 bridgehead atoms. The van der Waals surface area contributed by atoms with Gasteiger partial charge in [0.05, 0.1) is 17.4 Å². The highest BCUT2D eigenvalue weighted by atomic mass is 35.5. The van der Waals surface area contributed by atoms with Crippen LogP contribution in [0.3, 0.4) is 0 Å². The van der Waals surface area contributed by atoms with Crippen molar-refractivity contribution in [2.75, 3.05) is 6.54 Å². The zero-order chi connectivity index (χ0) is 13.8. The third-order valence-corrected chi connectivity index (χ3v) is 3.93. The third-order valence-electron chi connectivity index (χ3n) is 2.35. The first-order valence-electron chi connectivity index (χ1n) is 5.49. The Morgan fingerprint density at radius 2 is 2.05 bits per heavy atom. The van der Waals surface area contributed by atoms with E-state index in [1.807, 2.05) is 6.07 Å². The van der Waals surface area contributed by atoms with Crippen LogP contribution in [-0.4, -0.2) is 20.5 Å². The van der Waals surface area contributed by atoms with Crippen LogP contribution in [0, 0.1) is 11.3 Å². The molecule has 0 spiro atoms. The van der Waals surface area contributed by atoms with E-state index in [4.69, 9.17) is 11.0 Å². The molecule has 0 saturated heterocycles. The molecule has 1 rings (SSSR count). The molecule has 3 N–H and O–H groups in total. The van der Waals surface area contributed by atoms with Gasteiger partial charge < -0.3 is 5.73 Å². The second-order valence-corrected chi connectivity index (χ2v) is 6.48. The normalized spacial score (nSPS) is 11.5. The van der Waals surface area contributed by atoms with Crippen LogP contribution in [0.4, 0.5) is 0 Å². The Labute approximate surface area is 120 Å². The van der Waals surface area contributed by atoms with Crippen molar-refractivity contribution >= 4 is 22.4 Å². The fourth-order valence-electron chi connectivity index (χ4n) is 1.45. The smallest absolute Gasteiger partial charge is 0.216 e. The van der Waals surface area contributed by atoms with Crippen molar-refractivity contribution in [1.29, 1.82) is 5.26 Å². The van der Waals surface area contributed by atoms with Crippen molar-refractivity contribution in [3.05, 3.63) is 35.4 Å². The number of nitrogens with one attached hydrogen (secondary N) is 1. The summed E-state index contributed by atoms with van der Waals surface area (Å²) in [5, 5.41) is 8.75. The first-order chi connectivity index (χ1) is 8.28. The molecular weight excluding hydrogens is 286 g/mol. The van der Waals surface area contributed by atoms with E-state index in [1.165, 1.54) is 0 Å². The number of rotatable bonds is 5. The minimum atomic E-state index is -3.47. The molecule has 0 saturated carbocycles. The van der Waals surface area contributed by atoms with Crippen LogP contribution < -0.4 is 10.5 Å². The minimum absolute atomic E-state index is 0. The second kappa shape index (κ2) is 6.87. The second-order valence-electron chi connectivity index (χ2n) is 4.76. The molecule has 0 fully saturated rings. The first kappa shape index (κ1) is 17.9. The standard InChI is InChI=1S/C12H17N3O2S.ClH/c1-12(2,9-14)15-18(16,17)8-11-5-3-4-10(6-11)7-13;/h3-6,15H,8-9,14H2,1-2H3;1H. The maximum absolute atomic E-state index is 11.9. The van der Waals surface area contributed by atoms with Gasteiger partial charge in [0, 0.05) is 12.1 Å². The van der Waals surface area contributed by atoms with Gasteiger partial charge in [-0.2, -0.15) is 5.26 Å². The van der Waals surface area contributed by atoms with Crippen molar-refractivity contribution < 1.29 is 8.42 Å². The van der Waals surface area contributed by atoms with E-state index in [2.05, 4.69) is 4.72 Å². The van der Waals surface area contributed by atoms with Gasteiger partial charge in [0.1, 0.15) is 0 Å². The molecule has 0 aliphatic heterocycles. The average Bonchev–Trinajstić information content (AvgIpc) is 2.27. The van der Waals surface area contributed by atoms with Crippen molar-refractivity contribution in [1.82, 2.24) is 4.72 Å². The van der Waals surface area contributed by atoms with Gasteiger partial charge in [0.25, 0.3) is 0 Å². The van der Waals surface area contributed by atoms with Gasteiger partial charge in [-0.25, -0.2) is 13.1 Å². The van der Waals surface area contributed by atoms with Crippen molar-refractivity contribution in [2.45, 2.75) is 25.1 Å². The minimum Gasteiger partial charge on any atom is -0.329 e. The highest BCUT2D eigenvalue weighted by molar-refractivity contribution is 7.88. The SMILES string of the molecule is CC(C)(CN)NS(=O)(=O)Cc1cccc(C#N)c1.Cl. The Hall–Kier alpha value is -1.13. The number of hydrogen-bond donors (Lipinski definition) is 2. The number of sulfonamides is 1. The largest absolute Gasteiger partial charge is 0.329 e. The lowest BCUT2D eigenvalue weighted by molar-refractivity contribution is 0.462. The Morgan fingerprint density at radius 1 is 1.42 bits per heavy atom. The van der Waals surface area contributed by atoms with E-state index < -0.39 is 15.6 Å². The molecule has 0 aliphatic rings. The lowest BCUT2D eigenvalue weighted by atomic mass is 10.1. The van der Waals surface area contributed by atoms with Crippen LogP contribution in [0.15, 0.2) is 24.3 Å². The van der Waals surface area contributed by atoms with Crippen molar-refractivity contribution in [3.8, 4) is 6.07 Å². The highest BCUT2D eigenvalue weighted by Gasteiger charge is 2.23. The number of halogens is 1. The summed E-state index contributed by atoms with van der Waals surface area (Å²) in [5.41, 5.74) is 5.83. The van der Waals surface area contributed by atoms with E-state index in [9.17, 15) is 8.42 Å². The average molecular weight is 304 g/mol.